The fourth-order valence-electron chi connectivity index (χ4n) is 3.28. The first kappa shape index (κ1) is 24.8. The van der Waals surface area contributed by atoms with Crippen molar-refractivity contribution in [2.24, 2.45) is 0 Å². The smallest absolute Gasteiger partial charge is 0.262 e. The highest BCUT2D eigenvalue weighted by Crippen LogP contribution is 2.38. The van der Waals surface area contributed by atoms with E-state index in [1.165, 1.54) is 57.7 Å². The molecule has 0 spiro atoms. The van der Waals surface area contributed by atoms with Gasteiger partial charge in [-0.1, -0.05) is 18.2 Å². The number of anilines is 1. The number of methoxy groups -OCH3 is 3. The Bertz CT molecular complexity index is 1290. The molecule has 34 heavy (non-hydrogen) atoms. The largest absolute Gasteiger partial charge is 0.493 e. The SMILES string of the molecule is COc1cc(CNC(=O)c2cc(S(=O)(=O)Nc3ccccc3F)ccc2C)cc(OC)c1OC. The van der Waals surface area contributed by atoms with Crippen LogP contribution in [0.3, 0.4) is 0 Å². The number of para-hydroxylation sites is 1. The minimum atomic E-state index is -4.12. The molecule has 0 bridgehead atoms. The summed E-state index contributed by atoms with van der Waals surface area (Å²) in [5, 5.41) is 2.77. The summed E-state index contributed by atoms with van der Waals surface area (Å²) in [5.74, 6) is 0.121. The van der Waals surface area contributed by atoms with Crippen LogP contribution in [-0.4, -0.2) is 35.7 Å². The fourth-order valence-corrected chi connectivity index (χ4v) is 4.37. The second-order valence-electron chi connectivity index (χ2n) is 7.28. The minimum absolute atomic E-state index is 0.124. The molecule has 0 atom stereocenters. The number of sulfonamides is 1. The maximum absolute atomic E-state index is 13.9. The molecule has 0 aliphatic carbocycles. The van der Waals surface area contributed by atoms with Gasteiger partial charge in [-0.05, 0) is 54.4 Å². The molecule has 1 amide bonds. The molecule has 180 valence electrons. The lowest BCUT2D eigenvalue weighted by atomic mass is 10.1. The number of nitrogens with one attached hydrogen (secondary N) is 2. The lowest BCUT2D eigenvalue weighted by molar-refractivity contribution is 0.0950. The lowest BCUT2D eigenvalue weighted by Crippen LogP contribution is -2.24. The maximum Gasteiger partial charge on any atom is 0.262 e. The molecule has 0 aromatic heterocycles. The van der Waals surface area contributed by atoms with E-state index in [2.05, 4.69) is 10.0 Å². The molecule has 0 aliphatic rings. The summed E-state index contributed by atoms with van der Waals surface area (Å²) in [5.41, 5.74) is 1.25. The summed E-state index contributed by atoms with van der Waals surface area (Å²) in [7, 11) is 0.355. The standard InChI is InChI=1S/C24H25FN2O6S/c1-15-9-10-17(34(29,30)27-20-8-6-5-7-19(20)25)13-18(15)24(28)26-14-16-11-21(31-2)23(33-4)22(12-16)32-3/h5-13,27H,14H2,1-4H3,(H,26,28). The van der Waals surface area contributed by atoms with Gasteiger partial charge in [0.2, 0.25) is 5.75 Å². The van der Waals surface area contributed by atoms with E-state index in [0.29, 0.717) is 28.4 Å². The van der Waals surface area contributed by atoms with Crippen molar-refractivity contribution in [2.45, 2.75) is 18.4 Å². The first-order valence-electron chi connectivity index (χ1n) is 10.1. The van der Waals surface area contributed by atoms with Gasteiger partial charge in [-0.15, -0.1) is 0 Å². The predicted molar refractivity (Wildman–Crippen MR) is 126 cm³/mol. The molecular formula is C24H25FN2O6S. The van der Waals surface area contributed by atoms with Gasteiger partial charge in [0.25, 0.3) is 15.9 Å². The van der Waals surface area contributed by atoms with Crippen LogP contribution in [0, 0.1) is 12.7 Å². The van der Waals surface area contributed by atoms with Crippen LogP contribution in [0.15, 0.2) is 59.5 Å². The molecule has 3 aromatic carbocycles. The Morgan fingerprint density at radius 2 is 1.59 bits per heavy atom. The van der Waals surface area contributed by atoms with Crippen LogP contribution >= 0.6 is 0 Å². The molecule has 10 heteroatoms. The Hall–Kier alpha value is -3.79. The van der Waals surface area contributed by atoms with E-state index < -0.39 is 21.7 Å². The van der Waals surface area contributed by atoms with Crippen molar-refractivity contribution < 1.29 is 31.8 Å². The second kappa shape index (κ2) is 10.4. The average Bonchev–Trinajstić information content (AvgIpc) is 2.83. The van der Waals surface area contributed by atoms with Crippen molar-refractivity contribution in [1.29, 1.82) is 0 Å². The Labute approximate surface area is 197 Å². The summed E-state index contributed by atoms with van der Waals surface area (Å²) in [4.78, 5) is 12.7. The molecule has 0 unspecified atom stereocenters. The third kappa shape index (κ3) is 5.40. The molecule has 0 fully saturated rings. The van der Waals surface area contributed by atoms with Crippen molar-refractivity contribution in [3.63, 3.8) is 0 Å². The van der Waals surface area contributed by atoms with Crippen LogP contribution in [0.25, 0.3) is 0 Å². The van der Waals surface area contributed by atoms with E-state index in [1.54, 1.807) is 19.1 Å². The van der Waals surface area contributed by atoms with Crippen molar-refractivity contribution in [2.75, 3.05) is 26.1 Å². The van der Waals surface area contributed by atoms with Gasteiger partial charge in [0.15, 0.2) is 11.5 Å². The number of halogens is 1. The average molecular weight is 489 g/mol. The molecule has 0 saturated carbocycles. The summed E-state index contributed by atoms with van der Waals surface area (Å²) in [6.07, 6.45) is 0. The third-order valence-electron chi connectivity index (χ3n) is 5.06. The van der Waals surface area contributed by atoms with Crippen molar-refractivity contribution in [1.82, 2.24) is 5.32 Å². The van der Waals surface area contributed by atoms with Crippen molar-refractivity contribution >= 4 is 21.6 Å². The van der Waals surface area contributed by atoms with Crippen LogP contribution in [0.4, 0.5) is 10.1 Å². The second-order valence-corrected chi connectivity index (χ2v) is 8.96. The van der Waals surface area contributed by atoms with Gasteiger partial charge < -0.3 is 19.5 Å². The van der Waals surface area contributed by atoms with Crippen LogP contribution in [0.1, 0.15) is 21.5 Å². The van der Waals surface area contributed by atoms with E-state index in [4.69, 9.17) is 14.2 Å². The monoisotopic (exact) mass is 488 g/mol. The van der Waals surface area contributed by atoms with E-state index in [1.807, 2.05) is 0 Å². The molecule has 8 nitrogen and oxygen atoms in total. The molecule has 0 aliphatic heterocycles. The van der Waals surface area contributed by atoms with E-state index in [-0.39, 0.29) is 22.7 Å². The van der Waals surface area contributed by atoms with Crippen LogP contribution < -0.4 is 24.2 Å². The number of hydrogen-bond acceptors (Lipinski definition) is 6. The first-order valence-corrected chi connectivity index (χ1v) is 11.6. The quantitative estimate of drug-likeness (QED) is 0.474. The topological polar surface area (TPSA) is 103 Å². The molecule has 0 saturated heterocycles. The number of carbonyl (C=O) groups excluding carboxylic acids is 1. The van der Waals surface area contributed by atoms with Crippen molar-refractivity contribution in [3.8, 4) is 17.2 Å². The van der Waals surface area contributed by atoms with Gasteiger partial charge >= 0.3 is 0 Å². The van der Waals surface area contributed by atoms with E-state index >= 15 is 0 Å². The van der Waals surface area contributed by atoms with E-state index in [0.717, 1.165) is 6.07 Å². The highest BCUT2D eigenvalue weighted by atomic mass is 32.2. The van der Waals surface area contributed by atoms with Gasteiger partial charge in [0.1, 0.15) is 5.82 Å². The Morgan fingerprint density at radius 1 is 0.941 bits per heavy atom. The lowest BCUT2D eigenvalue weighted by Gasteiger charge is -2.15. The zero-order valence-electron chi connectivity index (χ0n) is 19.1. The summed E-state index contributed by atoms with van der Waals surface area (Å²) < 4.78 is 57.6. The number of aryl methyl sites for hydroxylation is 1. The Morgan fingerprint density at radius 3 is 2.18 bits per heavy atom. The molecule has 0 heterocycles. The zero-order valence-corrected chi connectivity index (χ0v) is 20.0. The summed E-state index contributed by atoms with van der Waals surface area (Å²) >= 11 is 0. The number of hydrogen-bond donors (Lipinski definition) is 2. The Balaban J connectivity index is 1.82. The first-order chi connectivity index (χ1) is 16.2. The summed E-state index contributed by atoms with van der Waals surface area (Å²) in [6, 6.07) is 13.0. The van der Waals surface area contributed by atoms with E-state index in [9.17, 15) is 17.6 Å². The minimum Gasteiger partial charge on any atom is -0.493 e. The van der Waals surface area contributed by atoms with Gasteiger partial charge in [-0.2, -0.15) is 0 Å². The Kier molecular flexibility index (Phi) is 7.62. The summed E-state index contributed by atoms with van der Waals surface area (Å²) in [6.45, 7) is 1.81. The van der Waals surface area contributed by atoms with Crippen molar-refractivity contribution in [3.05, 3.63) is 77.1 Å². The number of benzene rings is 3. The zero-order chi connectivity index (χ0) is 24.9. The molecule has 0 radical (unpaired) electrons. The van der Waals surface area contributed by atoms with Gasteiger partial charge in [0.05, 0.1) is 31.9 Å². The van der Waals surface area contributed by atoms with Gasteiger partial charge in [-0.3, -0.25) is 9.52 Å². The molecular weight excluding hydrogens is 463 g/mol. The number of ether oxygens (including phenoxy) is 3. The molecule has 3 aromatic rings. The van der Waals surface area contributed by atoms with Crippen LogP contribution in [0.2, 0.25) is 0 Å². The maximum atomic E-state index is 13.9. The fraction of sp³-hybridized carbons (Fsp3) is 0.208. The third-order valence-corrected chi connectivity index (χ3v) is 6.42. The normalized spacial score (nSPS) is 11.0. The highest BCUT2D eigenvalue weighted by Gasteiger charge is 2.20. The number of carbonyl (C=O) groups is 1. The molecule has 3 rings (SSSR count). The molecule has 2 N–H and O–H groups in total. The van der Waals surface area contributed by atoms with Gasteiger partial charge in [0, 0.05) is 12.1 Å². The van der Waals surface area contributed by atoms with Crippen LogP contribution in [-0.2, 0) is 16.6 Å². The number of rotatable bonds is 9. The predicted octanol–water partition coefficient (Wildman–Crippen LogP) is 3.89. The highest BCUT2D eigenvalue weighted by molar-refractivity contribution is 7.92. The van der Waals surface area contributed by atoms with Crippen LogP contribution in [0.5, 0.6) is 17.2 Å². The van der Waals surface area contributed by atoms with Gasteiger partial charge in [-0.25, -0.2) is 12.8 Å². The number of amides is 1.